The molecule has 1 aromatic rings. The third kappa shape index (κ3) is 3.60. The van der Waals surface area contributed by atoms with E-state index in [0.717, 1.165) is 9.35 Å². The first-order chi connectivity index (χ1) is 5.68. The minimum absolute atomic E-state index is 0.241. The van der Waals surface area contributed by atoms with Crippen LogP contribution in [-0.4, -0.2) is 13.0 Å². The lowest BCUT2D eigenvalue weighted by molar-refractivity contribution is 0.145. The van der Waals surface area contributed by atoms with Crippen LogP contribution in [0.1, 0.15) is 4.88 Å². The number of rotatable bonds is 4. The minimum atomic E-state index is -2.27. The van der Waals surface area contributed by atoms with Gasteiger partial charge in [-0.25, -0.2) is 8.78 Å². The molecule has 0 radical (unpaired) electrons. The normalized spacial score (nSPS) is 11.0. The van der Waals surface area contributed by atoms with Gasteiger partial charge in [-0.2, -0.15) is 0 Å². The number of hydrogen-bond donors (Lipinski definition) is 1. The van der Waals surface area contributed by atoms with Crippen LogP contribution in [-0.2, 0) is 6.54 Å². The Hall–Kier alpha value is -0.0000000000000000833. The molecule has 0 aromatic carbocycles. The van der Waals surface area contributed by atoms with Crippen molar-refractivity contribution < 1.29 is 8.78 Å². The molecular formula is C7H8BrF2NS. The Bertz CT molecular complexity index is 239. The average Bonchev–Trinajstić information content (AvgIpc) is 2.35. The van der Waals surface area contributed by atoms with Gasteiger partial charge in [0.1, 0.15) is 0 Å². The number of nitrogens with one attached hydrogen (secondary N) is 1. The molecule has 68 valence electrons. The van der Waals surface area contributed by atoms with Crippen LogP contribution in [0, 0.1) is 0 Å². The molecule has 0 saturated carbocycles. The maximum atomic E-state index is 11.7. The Kier molecular flexibility index (Phi) is 4.11. The predicted molar refractivity (Wildman–Crippen MR) is 49.7 cm³/mol. The van der Waals surface area contributed by atoms with Crippen molar-refractivity contribution in [1.82, 2.24) is 5.32 Å². The van der Waals surface area contributed by atoms with E-state index in [0.29, 0.717) is 6.54 Å². The molecule has 1 rings (SSSR count). The fourth-order valence-electron chi connectivity index (χ4n) is 0.751. The number of thiophene rings is 1. The first-order valence-corrected chi connectivity index (χ1v) is 5.07. The zero-order valence-corrected chi connectivity index (χ0v) is 8.59. The third-order valence-electron chi connectivity index (χ3n) is 1.22. The molecule has 12 heavy (non-hydrogen) atoms. The number of hydrogen-bond acceptors (Lipinski definition) is 2. The van der Waals surface area contributed by atoms with Crippen LogP contribution in [0.25, 0.3) is 0 Å². The summed E-state index contributed by atoms with van der Waals surface area (Å²) in [5, 5.41) is 4.58. The van der Waals surface area contributed by atoms with E-state index in [1.54, 1.807) is 11.3 Å². The van der Waals surface area contributed by atoms with E-state index < -0.39 is 6.43 Å². The second-order valence-electron chi connectivity index (χ2n) is 2.25. The van der Waals surface area contributed by atoms with Gasteiger partial charge in [0, 0.05) is 21.3 Å². The summed E-state index contributed by atoms with van der Waals surface area (Å²) in [5.41, 5.74) is 0. The summed E-state index contributed by atoms with van der Waals surface area (Å²) in [7, 11) is 0. The topological polar surface area (TPSA) is 12.0 Å². The van der Waals surface area contributed by atoms with Gasteiger partial charge in [-0.3, -0.25) is 0 Å². The fraction of sp³-hybridized carbons (Fsp3) is 0.429. The molecule has 0 fully saturated rings. The molecular weight excluding hydrogens is 248 g/mol. The largest absolute Gasteiger partial charge is 0.306 e. The highest BCUT2D eigenvalue weighted by atomic mass is 79.9. The summed E-state index contributed by atoms with van der Waals surface area (Å²) >= 11 is 4.83. The van der Waals surface area contributed by atoms with Gasteiger partial charge in [0.2, 0.25) is 0 Å². The molecule has 1 aromatic heterocycles. The second kappa shape index (κ2) is 4.89. The molecule has 0 aliphatic rings. The number of alkyl halides is 2. The Morgan fingerprint density at radius 3 is 2.83 bits per heavy atom. The van der Waals surface area contributed by atoms with Gasteiger partial charge in [0.25, 0.3) is 6.43 Å². The maximum Gasteiger partial charge on any atom is 0.250 e. The molecule has 0 aliphatic heterocycles. The number of halogens is 3. The van der Waals surface area contributed by atoms with Gasteiger partial charge in [-0.05, 0) is 22.0 Å². The molecule has 1 N–H and O–H groups in total. The Morgan fingerprint density at radius 1 is 1.58 bits per heavy atom. The van der Waals surface area contributed by atoms with Crippen molar-refractivity contribution >= 4 is 27.3 Å². The molecule has 0 spiro atoms. The maximum absolute atomic E-state index is 11.7. The third-order valence-corrected chi connectivity index (χ3v) is 2.92. The van der Waals surface area contributed by atoms with Gasteiger partial charge in [0.05, 0.1) is 6.54 Å². The van der Waals surface area contributed by atoms with Crippen LogP contribution in [0.15, 0.2) is 15.9 Å². The van der Waals surface area contributed by atoms with Crippen LogP contribution < -0.4 is 5.32 Å². The zero-order chi connectivity index (χ0) is 8.97. The van der Waals surface area contributed by atoms with Gasteiger partial charge >= 0.3 is 0 Å². The van der Waals surface area contributed by atoms with Crippen molar-refractivity contribution in [3.63, 3.8) is 0 Å². The van der Waals surface area contributed by atoms with Crippen molar-refractivity contribution in [1.29, 1.82) is 0 Å². The van der Waals surface area contributed by atoms with Gasteiger partial charge in [-0.1, -0.05) is 0 Å². The predicted octanol–water partition coefficient (Wildman–Crippen LogP) is 2.87. The van der Waals surface area contributed by atoms with Crippen molar-refractivity contribution in [3.8, 4) is 0 Å². The molecule has 0 saturated heterocycles. The minimum Gasteiger partial charge on any atom is -0.306 e. The molecule has 0 unspecified atom stereocenters. The Balaban J connectivity index is 2.24. The lowest BCUT2D eigenvalue weighted by Crippen LogP contribution is -2.19. The molecule has 1 nitrogen and oxygen atoms in total. The Morgan fingerprint density at radius 2 is 2.33 bits per heavy atom. The summed E-state index contributed by atoms with van der Waals surface area (Å²) in [5.74, 6) is 0. The van der Waals surface area contributed by atoms with E-state index in [-0.39, 0.29) is 6.54 Å². The van der Waals surface area contributed by atoms with Crippen LogP contribution in [0.4, 0.5) is 8.78 Å². The summed E-state index contributed by atoms with van der Waals surface area (Å²) in [6.07, 6.45) is -2.27. The molecule has 0 bridgehead atoms. The van der Waals surface area contributed by atoms with E-state index in [1.165, 1.54) is 0 Å². The summed E-state index contributed by atoms with van der Waals surface area (Å²) in [6, 6.07) is 1.92. The van der Waals surface area contributed by atoms with E-state index in [9.17, 15) is 8.78 Å². The van der Waals surface area contributed by atoms with Gasteiger partial charge in [-0.15, -0.1) is 11.3 Å². The van der Waals surface area contributed by atoms with Crippen LogP contribution in [0.3, 0.4) is 0 Å². The molecule has 1 heterocycles. The Labute approximate surface area is 81.9 Å². The smallest absolute Gasteiger partial charge is 0.250 e. The standard InChI is InChI=1S/C7H8BrF2NS/c8-5-1-6(12-4-5)2-11-3-7(9)10/h1,4,7,11H,2-3H2. The molecule has 5 heteroatoms. The highest BCUT2D eigenvalue weighted by Gasteiger charge is 2.01. The van der Waals surface area contributed by atoms with Crippen molar-refractivity contribution in [2.45, 2.75) is 13.0 Å². The second-order valence-corrected chi connectivity index (χ2v) is 4.16. The first kappa shape index (κ1) is 10.1. The summed E-state index contributed by atoms with van der Waals surface area (Å²) in [4.78, 5) is 1.06. The highest BCUT2D eigenvalue weighted by Crippen LogP contribution is 2.19. The molecule has 0 aliphatic carbocycles. The van der Waals surface area contributed by atoms with Crippen molar-refractivity contribution in [2.24, 2.45) is 0 Å². The van der Waals surface area contributed by atoms with E-state index in [2.05, 4.69) is 21.2 Å². The molecule has 0 atom stereocenters. The average molecular weight is 256 g/mol. The monoisotopic (exact) mass is 255 g/mol. The van der Waals surface area contributed by atoms with Crippen LogP contribution in [0.5, 0.6) is 0 Å². The SMILES string of the molecule is FC(F)CNCc1cc(Br)cs1. The highest BCUT2D eigenvalue weighted by molar-refractivity contribution is 9.10. The summed E-state index contributed by atoms with van der Waals surface area (Å²) in [6.45, 7) is 0.274. The zero-order valence-electron chi connectivity index (χ0n) is 6.19. The van der Waals surface area contributed by atoms with Gasteiger partial charge in [0.15, 0.2) is 0 Å². The van der Waals surface area contributed by atoms with E-state index >= 15 is 0 Å². The lowest BCUT2D eigenvalue weighted by atomic mass is 10.4. The molecule has 0 amide bonds. The fourth-order valence-corrected chi connectivity index (χ4v) is 2.17. The quantitative estimate of drug-likeness (QED) is 0.873. The first-order valence-electron chi connectivity index (χ1n) is 3.40. The summed E-state index contributed by atoms with van der Waals surface area (Å²) < 4.78 is 24.4. The lowest BCUT2D eigenvalue weighted by Gasteiger charge is -2.00. The van der Waals surface area contributed by atoms with E-state index in [4.69, 9.17) is 0 Å². The van der Waals surface area contributed by atoms with Crippen LogP contribution >= 0.6 is 27.3 Å². The van der Waals surface area contributed by atoms with Crippen LogP contribution in [0.2, 0.25) is 0 Å². The van der Waals surface area contributed by atoms with E-state index in [1.807, 2.05) is 11.4 Å². The van der Waals surface area contributed by atoms with Crippen molar-refractivity contribution in [2.75, 3.05) is 6.54 Å². The van der Waals surface area contributed by atoms with Crippen molar-refractivity contribution in [3.05, 3.63) is 20.8 Å². The van der Waals surface area contributed by atoms with Gasteiger partial charge < -0.3 is 5.32 Å².